The van der Waals surface area contributed by atoms with Gasteiger partial charge in [0.25, 0.3) is 5.91 Å². The Balaban J connectivity index is 2.10. The number of carbonyl (C=O) groups is 1. The number of aliphatic hydroxyl groups is 1. The van der Waals surface area contributed by atoms with Gasteiger partial charge in [-0.05, 0) is 12.5 Å². The van der Waals surface area contributed by atoms with Crippen LogP contribution in [-0.2, 0) is 4.74 Å². The maximum atomic E-state index is 12.6. The van der Waals surface area contributed by atoms with Gasteiger partial charge in [-0.1, -0.05) is 11.6 Å². The molecule has 0 aliphatic carbocycles. The van der Waals surface area contributed by atoms with E-state index in [1.54, 1.807) is 7.11 Å². The number of nitrogen functional groups attached to an aromatic ring is 1. The molecule has 0 bridgehead atoms. The maximum absolute atomic E-state index is 12.6. The zero-order chi connectivity index (χ0) is 17.7. The fourth-order valence-electron chi connectivity index (χ4n) is 2.89. The summed E-state index contributed by atoms with van der Waals surface area (Å²) in [6.45, 7) is 2.14. The normalized spacial score (nSPS) is 21.5. The van der Waals surface area contributed by atoms with Crippen molar-refractivity contribution in [2.45, 2.75) is 18.6 Å². The quantitative estimate of drug-likeness (QED) is 0.650. The third kappa shape index (κ3) is 4.30. The van der Waals surface area contributed by atoms with E-state index in [1.165, 1.54) is 19.2 Å². The second-order valence-electron chi connectivity index (χ2n) is 5.74. The van der Waals surface area contributed by atoms with Gasteiger partial charge in [0.05, 0.1) is 42.1 Å². The van der Waals surface area contributed by atoms with Crippen LogP contribution in [0.5, 0.6) is 5.75 Å². The summed E-state index contributed by atoms with van der Waals surface area (Å²) in [7, 11) is 3.09. The molecule has 24 heavy (non-hydrogen) atoms. The Morgan fingerprint density at radius 1 is 1.50 bits per heavy atom. The molecule has 1 aromatic rings. The minimum Gasteiger partial charge on any atom is -0.496 e. The SMILES string of the molecule is COc1cc(N)c(Cl)cc1C(=O)N[C@H]1CCN(CCO)C[C@H]1OC. The van der Waals surface area contributed by atoms with Gasteiger partial charge >= 0.3 is 0 Å². The first-order valence-electron chi connectivity index (χ1n) is 7.80. The molecule has 8 heteroatoms. The van der Waals surface area contributed by atoms with Gasteiger partial charge in [-0.25, -0.2) is 0 Å². The van der Waals surface area contributed by atoms with Crippen molar-refractivity contribution in [2.24, 2.45) is 0 Å². The van der Waals surface area contributed by atoms with Crippen LogP contribution >= 0.6 is 11.6 Å². The van der Waals surface area contributed by atoms with Crippen LogP contribution in [0.4, 0.5) is 5.69 Å². The van der Waals surface area contributed by atoms with Gasteiger partial charge in [0.2, 0.25) is 0 Å². The summed E-state index contributed by atoms with van der Waals surface area (Å²) in [4.78, 5) is 14.7. The van der Waals surface area contributed by atoms with Crippen LogP contribution in [0, 0.1) is 0 Å². The highest BCUT2D eigenvalue weighted by atomic mass is 35.5. The number of likely N-dealkylation sites (tertiary alicyclic amines) is 1. The van der Waals surface area contributed by atoms with Crippen molar-refractivity contribution in [3.8, 4) is 5.75 Å². The summed E-state index contributed by atoms with van der Waals surface area (Å²) in [5.74, 6) is 0.0949. The summed E-state index contributed by atoms with van der Waals surface area (Å²) in [6.07, 6.45) is 0.583. The summed E-state index contributed by atoms with van der Waals surface area (Å²) in [5.41, 5.74) is 6.44. The van der Waals surface area contributed by atoms with Crippen molar-refractivity contribution in [3.63, 3.8) is 0 Å². The molecule has 0 saturated carbocycles. The fourth-order valence-corrected chi connectivity index (χ4v) is 3.05. The van der Waals surface area contributed by atoms with Crippen molar-refractivity contribution in [1.29, 1.82) is 0 Å². The Kier molecular flexibility index (Phi) is 6.68. The Hall–Kier alpha value is -1.54. The van der Waals surface area contributed by atoms with E-state index < -0.39 is 0 Å². The molecule has 4 N–H and O–H groups in total. The van der Waals surface area contributed by atoms with Gasteiger partial charge in [-0.3, -0.25) is 9.69 Å². The number of aliphatic hydroxyl groups excluding tert-OH is 1. The first kappa shape index (κ1) is 18.8. The number of benzene rings is 1. The van der Waals surface area contributed by atoms with Crippen LogP contribution in [0.15, 0.2) is 12.1 Å². The number of amides is 1. The highest BCUT2D eigenvalue weighted by Gasteiger charge is 2.31. The van der Waals surface area contributed by atoms with E-state index in [1.807, 2.05) is 0 Å². The van der Waals surface area contributed by atoms with Crippen LogP contribution in [0.2, 0.25) is 5.02 Å². The number of piperidine rings is 1. The molecule has 0 spiro atoms. The molecule has 0 radical (unpaired) electrons. The lowest BCUT2D eigenvalue weighted by molar-refractivity contribution is 0.00228. The van der Waals surface area contributed by atoms with Crippen molar-refractivity contribution < 1.29 is 19.4 Å². The van der Waals surface area contributed by atoms with Crippen molar-refractivity contribution in [2.75, 3.05) is 46.2 Å². The molecular weight excluding hydrogens is 334 g/mol. The molecule has 134 valence electrons. The molecule has 0 unspecified atom stereocenters. The molecular formula is C16H24ClN3O4. The lowest BCUT2D eigenvalue weighted by atomic mass is 10.0. The number of nitrogens with two attached hydrogens (primary N) is 1. The number of anilines is 1. The van der Waals surface area contributed by atoms with Gasteiger partial charge in [0.15, 0.2) is 0 Å². The topological polar surface area (TPSA) is 97.0 Å². The number of methoxy groups -OCH3 is 2. The van der Waals surface area contributed by atoms with Gasteiger partial charge in [-0.15, -0.1) is 0 Å². The molecule has 1 aliphatic rings. The van der Waals surface area contributed by atoms with E-state index in [4.69, 9.17) is 31.9 Å². The number of hydrogen-bond acceptors (Lipinski definition) is 6. The highest BCUT2D eigenvalue weighted by molar-refractivity contribution is 6.33. The predicted octanol–water partition coefficient (Wildman–Crippen LogP) is 0.742. The second-order valence-corrected chi connectivity index (χ2v) is 6.15. The Morgan fingerprint density at radius 3 is 2.88 bits per heavy atom. The van der Waals surface area contributed by atoms with Crippen molar-refractivity contribution in [1.82, 2.24) is 10.2 Å². The van der Waals surface area contributed by atoms with E-state index >= 15 is 0 Å². The lowest BCUT2D eigenvalue weighted by Gasteiger charge is -2.37. The number of nitrogens with one attached hydrogen (secondary N) is 1. The van der Waals surface area contributed by atoms with Gasteiger partial charge in [0.1, 0.15) is 5.75 Å². The van der Waals surface area contributed by atoms with Crippen molar-refractivity contribution >= 4 is 23.2 Å². The molecule has 1 saturated heterocycles. The van der Waals surface area contributed by atoms with E-state index in [-0.39, 0.29) is 24.7 Å². The molecule has 2 rings (SSSR count). The molecule has 1 amide bonds. The minimum atomic E-state index is -0.281. The Bertz CT molecular complexity index is 585. The van der Waals surface area contributed by atoms with Crippen LogP contribution < -0.4 is 15.8 Å². The van der Waals surface area contributed by atoms with E-state index in [9.17, 15) is 4.79 Å². The molecule has 7 nitrogen and oxygen atoms in total. The first-order chi connectivity index (χ1) is 11.5. The number of β-amino-alcohol motifs (C(OH)–C–C–N with tert-alkyl or cyclic N) is 1. The Labute approximate surface area is 146 Å². The fraction of sp³-hybridized carbons (Fsp3) is 0.562. The number of rotatable bonds is 6. The zero-order valence-electron chi connectivity index (χ0n) is 13.9. The number of halogens is 1. The summed E-state index contributed by atoms with van der Waals surface area (Å²) in [6, 6.07) is 2.92. The molecule has 1 aliphatic heterocycles. The molecule has 1 fully saturated rings. The Morgan fingerprint density at radius 2 is 2.25 bits per heavy atom. The minimum absolute atomic E-state index is 0.106. The number of nitrogens with zero attached hydrogens (tertiary/aromatic N) is 1. The standard InChI is InChI=1S/C16H24ClN3O4/c1-23-14-8-12(18)11(17)7-10(14)16(22)19-13-3-4-20(5-6-21)9-15(13)24-2/h7-8,13,15,21H,3-6,9,18H2,1-2H3,(H,19,22)/t13-,15+/m0/s1. The van der Waals surface area contributed by atoms with Crippen LogP contribution in [-0.4, -0.2) is 68.5 Å². The maximum Gasteiger partial charge on any atom is 0.255 e. The molecule has 0 aromatic heterocycles. The number of ether oxygens (including phenoxy) is 2. The molecule has 1 heterocycles. The highest BCUT2D eigenvalue weighted by Crippen LogP contribution is 2.29. The first-order valence-corrected chi connectivity index (χ1v) is 8.17. The van der Waals surface area contributed by atoms with Gasteiger partial charge in [0, 0.05) is 32.8 Å². The van der Waals surface area contributed by atoms with E-state index in [2.05, 4.69) is 10.2 Å². The van der Waals surface area contributed by atoms with Crippen LogP contribution in [0.3, 0.4) is 0 Å². The smallest absolute Gasteiger partial charge is 0.255 e. The third-order valence-electron chi connectivity index (χ3n) is 4.24. The monoisotopic (exact) mass is 357 g/mol. The predicted molar refractivity (Wildman–Crippen MR) is 92.6 cm³/mol. The third-order valence-corrected chi connectivity index (χ3v) is 4.57. The number of hydrogen-bond donors (Lipinski definition) is 3. The summed E-state index contributed by atoms with van der Waals surface area (Å²) < 4.78 is 10.7. The average Bonchev–Trinajstić information content (AvgIpc) is 2.58. The lowest BCUT2D eigenvalue weighted by Crippen LogP contribution is -2.55. The van der Waals surface area contributed by atoms with Crippen LogP contribution in [0.1, 0.15) is 16.8 Å². The van der Waals surface area contributed by atoms with Crippen molar-refractivity contribution in [3.05, 3.63) is 22.7 Å². The second kappa shape index (κ2) is 8.53. The largest absolute Gasteiger partial charge is 0.496 e. The van der Waals surface area contributed by atoms with E-state index in [0.29, 0.717) is 35.1 Å². The van der Waals surface area contributed by atoms with Gasteiger partial charge in [-0.2, -0.15) is 0 Å². The van der Waals surface area contributed by atoms with Gasteiger partial charge < -0.3 is 25.6 Å². The van der Waals surface area contributed by atoms with Crippen LogP contribution in [0.25, 0.3) is 0 Å². The molecule has 1 aromatic carbocycles. The number of carbonyl (C=O) groups excluding carboxylic acids is 1. The summed E-state index contributed by atoms with van der Waals surface area (Å²) in [5, 5.41) is 12.3. The zero-order valence-corrected chi connectivity index (χ0v) is 14.7. The average molecular weight is 358 g/mol. The van der Waals surface area contributed by atoms with E-state index in [0.717, 1.165) is 13.0 Å². The summed E-state index contributed by atoms with van der Waals surface area (Å²) >= 11 is 6.02. The molecule has 2 atom stereocenters.